The van der Waals surface area contributed by atoms with E-state index in [1.807, 2.05) is 30.3 Å². The number of ether oxygens (including phenoxy) is 1. The van der Waals surface area contributed by atoms with Crippen molar-refractivity contribution in [3.05, 3.63) is 35.9 Å². The van der Waals surface area contributed by atoms with Gasteiger partial charge in [-0.05, 0) is 12.0 Å². The molecule has 0 radical (unpaired) electrons. The zero-order chi connectivity index (χ0) is 10.4. The van der Waals surface area contributed by atoms with Crippen LogP contribution in [0.3, 0.4) is 0 Å². The van der Waals surface area contributed by atoms with Crippen molar-refractivity contribution >= 4 is 6.09 Å². The van der Waals surface area contributed by atoms with E-state index in [9.17, 15) is 4.79 Å². The fourth-order valence-electron chi connectivity index (χ4n) is 1.16. The van der Waals surface area contributed by atoms with Gasteiger partial charge in [-0.15, -0.1) is 0 Å². The third-order valence-electron chi connectivity index (χ3n) is 1.78. The lowest BCUT2D eigenvalue weighted by atomic mass is 10.1. The van der Waals surface area contributed by atoms with Crippen LogP contribution in [-0.2, 0) is 11.2 Å². The molecular weight excluding hydrogens is 180 g/mol. The molecule has 1 atom stereocenters. The largest absolute Gasteiger partial charge is 0.448 e. The first-order valence-corrected chi connectivity index (χ1v) is 4.40. The second kappa shape index (κ2) is 5.24. The summed E-state index contributed by atoms with van der Waals surface area (Å²) in [5.74, 6) is 0. The van der Waals surface area contributed by atoms with Crippen molar-refractivity contribution in [1.82, 2.24) is 0 Å². The topological polar surface area (TPSA) is 78.3 Å². The average Bonchev–Trinajstić information content (AvgIpc) is 2.16. The standard InChI is InChI=1S/C10H14N2O2/c11-9(7-14-10(12)13)6-8-4-2-1-3-5-8/h1-5,9H,6-7,11H2,(H2,12,13)/t9-/m1/s1. The van der Waals surface area contributed by atoms with E-state index in [1.165, 1.54) is 0 Å². The van der Waals surface area contributed by atoms with Crippen LogP contribution in [0.4, 0.5) is 4.79 Å². The van der Waals surface area contributed by atoms with E-state index in [4.69, 9.17) is 11.5 Å². The minimum Gasteiger partial charge on any atom is -0.448 e. The minimum absolute atomic E-state index is 0.157. The Morgan fingerprint density at radius 1 is 1.36 bits per heavy atom. The first-order valence-electron chi connectivity index (χ1n) is 4.40. The lowest BCUT2D eigenvalue weighted by Gasteiger charge is -2.10. The number of amides is 1. The molecule has 1 rings (SSSR count). The van der Waals surface area contributed by atoms with Crippen LogP contribution in [0.15, 0.2) is 30.3 Å². The monoisotopic (exact) mass is 194 g/mol. The Morgan fingerprint density at radius 2 is 2.00 bits per heavy atom. The Labute approximate surface area is 82.8 Å². The predicted molar refractivity (Wildman–Crippen MR) is 53.7 cm³/mol. The summed E-state index contributed by atoms with van der Waals surface area (Å²) in [5, 5.41) is 0. The molecule has 0 aliphatic heterocycles. The van der Waals surface area contributed by atoms with Crippen LogP contribution in [0.25, 0.3) is 0 Å². The molecule has 1 aromatic carbocycles. The molecule has 4 nitrogen and oxygen atoms in total. The fourth-order valence-corrected chi connectivity index (χ4v) is 1.16. The number of primary amides is 1. The summed E-state index contributed by atoms with van der Waals surface area (Å²) in [6.45, 7) is 0.157. The van der Waals surface area contributed by atoms with Crippen molar-refractivity contribution in [2.75, 3.05) is 6.61 Å². The molecule has 0 unspecified atom stereocenters. The van der Waals surface area contributed by atoms with Crippen LogP contribution >= 0.6 is 0 Å². The molecule has 0 heterocycles. The SMILES string of the molecule is NC(=O)OC[C@H](N)Cc1ccccc1. The molecular formula is C10H14N2O2. The summed E-state index contributed by atoms with van der Waals surface area (Å²) in [4.78, 5) is 10.3. The molecule has 0 saturated carbocycles. The third kappa shape index (κ3) is 3.91. The van der Waals surface area contributed by atoms with Gasteiger partial charge in [0.05, 0.1) is 0 Å². The maximum absolute atomic E-state index is 10.3. The smallest absolute Gasteiger partial charge is 0.404 e. The van der Waals surface area contributed by atoms with Gasteiger partial charge in [-0.3, -0.25) is 0 Å². The van der Waals surface area contributed by atoms with Gasteiger partial charge in [0.1, 0.15) is 6.61 Å². The number of carbonyl (C=O) groups excluding carboxylic acids is 1. The Hall–Kier alpha value is -1.55. The number of benzene rings is 1. The molecule has 0 fully saturated rings. The van der Waals surface area contributed by atoms with E-state index in [-0.39, 0.29) is 12.6 Å². The van der Waals surface area contributed by atoms with Gasteiger partial charge in [0.25, 0.3) is 0 Å². The summed E-state index contributed by atoms with van der Waals surface area (Å²) in [6.07, 6.45) is -0.109. The van der Waals surface area contributed by atoms with E-state index in [0.717, 1.165) is 5.56 Å². The number of nitrogens with two attached hydrogens (primary N) is 2. The molecule has 0 aromatic heterocycles. The van der Waals surface area contributed by atoms with Crippen LogP contribution in [0, 0.1) is 0 Å². The molecule has 4 heteroatoms. The molecule has 0 aliphatic carbocycles. The summed E-state index contributed by atoms with van der Waals surface area (Å²) in [7, 11) is 0. The molecule has 14 heavy (non-hydrogen) atoms. The van der Waals surface area contributed by atoms with E-state index < -0.39 is 6.09 Å². The molecule has 0 spiro atoms. The second-order valence-corrected chi connectivity index (χ2v) is 3.08. The van der Waals surface area contributed by atoms with Crippen molar-refractivity contribution in [3.8, 4) is 0 Å². The molecule has 0 bridgehead atoms. The summed E-state index contributed by atoms with van der Waals surface area (Å²) in [6, 6.07) is 9.57. The molecule has 0 aliphatic rings. The molecule has 76 valence electrons. The van der Waals surface area contributed by atoms with Crippen LogP contribution in [0.2, 0.25) is 0 Å². The molecule has 1 amide bonds. The van der Waals surface area contributed by atoms with Gasteiger partial charge in [-0.1, -0.05) is 30.3 Å². The van der Waals surface area contributed by atoms with Gasteiger partial charge < -0.3 is 16.2 Å². The number of hydrogen-bond donors (Lipinski definition) is 2. The second-order valence-electron chi connectivity index (χ2n) is 3.08. The van der Waals surface area contributed by atoms with Gasteiger partial charge in [-0.2, -0.15) is 0 Å². The van der Waals surface area contributed by atoms with E-state index >= 15 is 0 Å². The highest BCUT2D eigenvalue weighted by molar-refractivity contribution is 5.64. The van der Waals surface area contributed by atoms with Crippen molar-refractivity contribution < 1.29 is 9.53 Å². The van der Waals surface area contributed by atoms with Gasteiger partial charge in [0.2, 0.25) is 0 Å². The maximum atomic E-state index is 10.3. The van der Waals surface area contributed by atoms with Crippen LogP contribution in [0.5, 0.6) is 0 Å². The van der Waals surface area contributed by atoms with Crippen LogP contribution in [-0.4, -0.2) is 18.7 Å². The Kier molecular flexibility index (Phi) is 3.94. The number of hydrogen-bond acceptors (Lipinski definition) is 3. The quantitative estimate of drug-likeness (QED) is 0.738. The zero-order valence-corrected chi connectivity index (χ0v) is 7.85. The number of carbonyl (C=O) groups is 1. The minimum atomic E-state index is -0.784. The van der Waals surface area contributed by atoms with Crippen molar-refractivity contribution in [2.45, 2.75) is 12.5 Å². The van der Waals surface area contributed by atoms with Gasteiger partial charge in [0.15, 0.2) is 0 Å². The Morgan fingerprint density at radius 3 is 2.57 bits per heavy atom. The zero-order valence-electron chi connectivity index (χ0n) is 7.85. The normalized spacial score (nSPS) is 12.1. The summed E-state index contributed by atoms with van der Waals surface area (Å²) in [5.41, 5.74) is 11.7. The summed E-state index contributed by atoms with van der Waals surface area (Å²) < 4.78 is 4.59. The fraction of sp³-hybridized carbons (Fsp3) is 0.300. The molecule has 4 N–H and O–H groups in total. The predicted octanol–water partition coefficient (Wildman–Crippen LogP) is 0.652. The number of rotatable bonds is 4. The van der Waals surface area contributed by atoms with Gasteiger partial charge >= 0.3 is 6.09 Å². The maximum Gasteiger partial charge on any atom is 0.404 e. The highest BCUT2D eigenvalue weighted by Crippen LogP contribution is 2.01. The van der Waals surface area contributed by atoms with E-state index in [0.29, 0.717) is 6.42 Å². The van der Waals surface area contributed by atoms with E-state index in [1.54, 1.807) is 0 Å². The van der Waals surface area contributed by atoms with Gasteiger partial charge in [0, 0.05) is 6.04 Å². The first kappa shape index (κ1) is 10.5. The Balaban J connectivity index is 2.34. The van der Waals surface area contributed by atoms with Crippen molar-refractivity contribution in [1.29, 1.82) is 0 Å². The van der Waals surface area contributed by atoms with Gasteiger partial charge in [-0.25, -0.2) is 4.79 Å². The highest BCUT2D eigenvalue weighted by atomic mass is 16.5. The summed E-state index contributed by atoms with van der Waals surface area (Å²) >= 11 is 0. The van der Waals surface area contributed by atoms with Crippen molar-refractivity contribution in [2.24, 2.45) is 11.5 Å². The highest BCUT2D eigenvalue weighted by Gasteiger charge is 2.05. The molecule has 0 saturated heterocycles. The lowest BCUT2D eigenvalue weighted by Crippen LogP contribution is -2.31. The lowest BCUT2D eigenvalue weighted by molar-refractivity contribution is 0.149. The Bertz CT molecular complexity index is 287. The van der Waals surface area contributed by atoms with Crippen molar-refractivity contribution in [3.63, 3.8) is 0 Å². The molecule has 1 aromatic rings. The third-order valence-corrected chi connectivity index (χ3v) is 1.78. The van der Waals surface area contributed by atoms with Crippen LogP contribution < -0.4 is 11.5 Å². The van der Waals surface area contributed by atoms with Crippen LogP contribution in [0.1, 0.15) is 5.56 Å². The first-order chi connectivity index (χ1) is 6.68. The van der Waals surface area contributed by atoms with E-state index in [2.05, 4.69) is 4.74 Å². The average molecular weight is 194 g/mol.